The summed E-state index contributed by atoms with van der Waals surface area (Å²) in [5.41, 5.74) is 1.12. The van der Waals surface area contributed by atoms with E-state index in [1.807, 2.05) is 30.3 Å². The SMILES string of the molecule is COc1nc(NCCOCc2ccccc2)ncc1F. The van der Waals surface area contributed by atoms with E-state index < -0.39 is 5.82 Å². The van der Waals surface area contributed by atoms with Gasteiger partial charge in [0.1, 0.15) is 0 Å². The molecule has 0 aliphatic heterocycles. The number of halogens is 1. The maximum absolute atomic E-state index is 13.1. The Morgan fingerprint density at radius 3 is 2.80 bits per heavy atom. The zero-order chi connectivity index (χ0) is 14.2. The van der Waals surface area contributed by atoms with E-state index in [1.165, 1.54) is 7.11 Å². The van der Waals surface area contributed by atoms with Crippen LogP contribution in [0.15, 0.2) is 36.5 Å². The summed E-state index contributed by atoms with van der Waals surface area (Å²) < 4.78 is 23.4. The second-order valence-electron chi connectivity index (χ2n) is 4.02. The number of methoxy groups -OCH3 is 1. The molecule has 2 aromatic rings. The summed E-state index contributed by atoms with van der Waals surface area (Å²) in [6.45, 7) is 1.58. The van der Waals surface area contributed by atoms with Crippen LogP contribution in [0.4, 0.5) is 10.3 Å². The molecule has 0 amide bonds. The van der Waals surface area contributed by atoms with Gasteiger partial charge in [-0.25, -0.2) is 4.98 Å². The number of ether oxygens (including phenoxy) is 2. The quantitative estimate of drug-likeness (QED) is 0.787. The second kappa shape index (κ2) is 7.40. The van der Waals surface area contributed by atoms with Gasteiger partial charge in [-0.1, -0.05) is 30.3 Å². The molecule has 1 aromatic heterocycles. The molecule has 2 rings (SSSR count). The lowest BCUT2D eigenvalue weighted by Gasteiger charge is -2.07. The third-order valence-electron chi connectivity index (χ3n) is 2.55. The molecule has 1 aromatic carbocycles. The smallest absolute Gasteiger partial charge is 0.255 e. The minimum Gasteiger partial charge on any atom is -0.479 e. The van der Waals surface area contributed by atoms with Crippen LogP contribution in [0.3, 0.4) is 0 Å². The van der Waals surface area contributed by atoms with Gasteiger partial charge < -0.3 is 14.8 Å². The second-order valence-corrected chi connectivity index (χ2v) is 4.02. The molecule has 106 valence electrons. The highest BCUT2D eigenvalue weighted by atomic mass is 19.1. The highest BCUT2D eigenvalue weighted by molar-refractivity contribution is 5.28. The lowest BCUT2D eigenvalue weighted by atomic mass is 10.2. The minimum absolute atomic E-state index is 0.0762. The molecule has 5 nitrogen and oxygen atoms in total. The van der Waals surface area contributed by atoms with Crippen LogP contribution in [0.5, 0.6) is 5.88 Å². The molecular weight excluding hydrogens is 261 g/mol. The summed E-state index contributed by atoms with van der Waals surface area (Å²) in [5, 5.41) is 2.94. The van der Waals surface area contributed by atoms with E-state index in [0.29, 0.717) is 25.7 Å². The lowest BCUT2D eigenvalue weighted by Crippen LogP contribution is -2.12. The highest BCUT2D eigenvalue weighted by Gasteiger charge is 2.06. The fraction of sp³-hybridized carbons (Fsp3) is 0.286. The Labute approximate surface area is 116 Å². The van der Waals surface area contributed by atoms with E-state index in [2.05, 4.69) is 15.3 Å². The molecule has 1 heterocycles. The van der Waals surface area contributed by atoms with Crippen molar-refractivity contribution in [2.24, 2.45) is 0 Å². The maximum Gasteiger partial charge on any atom is 0.255 e. The molecule has 0 fully saturated rings. The van der Waals surface area contributed by atoms with Crippen molar-refractivity contribution < 1.29 is 13.9 Å². The zero-order valence-corrected chi connectivity index (χ0v) is 11.2. The average molecular weight is 277 g/mol. The van der Waals surface area contributed by atoms with E-state index in [-0.39, 0.29) is 5.88 Å². The number of anilines is 1. The molecule has 0 spiro atoms. The van der Waals surface area contributed by atoms with Crippen LogP contribution in [-0.2, 0) is 11.3 Å². The van der Waals surface area contributed by atoms with Gasteiger partial charge in [0.05, 0.1) is 26.5 Å². The number of nitrogens with zero attached hydrogens (tertiary/aromatic N) is 2. The van der Waals surface area contributed by atoms with E-state index in [9.17, 15) is 4.39 Å². The largest absolute Gasteiger partial charge is 0.479 e. The van der Waals surface area contributed by atoms with Gasteiger partial charge in [-0.3, -0.25) is 0 Å². The molecule has 0 aliphatic rings. The van der Waals surface area contributed by atoms with E-state index in [1.54, 1.807) is 0 Å². The Kier molecular flexibility index (Phi) is 5.25. The van der Waals surface area contributed by atoms with Crippen LogP contribution in [0.25, 0.3) is 0 Å². The number of benzene rings is 1. The first-order valence-electron chi connectivity index (χ1n) is 6.21. The molecule has 0 atom stereocenters. The molecule has 6 heteroatoms. The molecule has 1 N–H and O–H groups in total. The van der Waals surface area contributed by atoms with Crippen LogP contribution >= 0.6 is 0 Å². The third-order valence-corrected chi connectivity index (χ3v) is 2.55. The Hall–Kier alpha value is -2.21. The van der Waals surface area contributed by atoms with E-state index >= 15 is 0 Å². The molecular formula is C14H16FN3O2. The molecule has 20 heavy (non-hydrogen) atoms. The fourth-order valence-corrected chi connectivity index (χ4v) is 1.58. The van der Waals surface area contributed by atoms with Crippen molar-refractivity contribution >= 4 is 5.95 Å². The molecule has 0 bridgehead atoms. The highest BCUT2D eigenvalue weighted by Crippen LogP contribution is 2.13. The summed E-state index contributed by atoms with van der Waals surface area (Å²) in [4.78, 5) is 7.68. The number of hydrogen-bond acceptors (Lipinski definition) is 5. The summed E-state index contributed by atoms with van der Waals surface area (Å²) >= 11 is 0. The average Bonchev–Trinajstić information content (AvgIpc) is 2.49. The van der Waals surface area contributed by atoms with Crippen molar-refractivity contribution in [2.75, 3.05) is 25.6 Å². The van der Waals surface area contributed by atoms with Crippen LogP contribution in [0.1, 0.15) is 5.56 Å². The van der Waals surface area contributed by atoms with Gasteiger partial charge in [0.25, 0.3) is 5.88 Å². The topological polar surface area (TPSA) is 56.3 Å². The number of rotatable bonds is 7. The van der Waals surface area contributed by atoms with E-state index in [4.69, 9.17) is 9.47 Å². The Morgan fingerprint density at radius 2 is 2.05 bits per heavy atom. The van der Waals surface area contributed by atoms with Crippen molar-refractivity contribution in [1.29, 1.82) is 0 Å². The van der Waals surface area contributed by atoms with Crippen molar-refractivity contribution in [1.82, 2.24) is 9.97 Å². The van der Waals surface area contributed by atoms with Crippen molar-refractivity contribution in [3.8, 4) is 5.88 Å². The predicted molar refractivity (Wildman–Crippen MR) is 73.1 cm³/mol. The predicted octanol–water partition coefficient (Wildman–Crippen LogP) is 2.25. The van der Waals surface area contributed by atoms with Crippen LogP contribution < -0.4 is 10.1 Å². The van der Waals surface area contributed by atoms with Crippen LogP contribution in [0.2, 0.25) is 0 Å². The summed E-state index contributed by atoms with van der Waals surface area (Å²) in [6, 6.07) is 9.90. The van der Waals surface area contributed by atoms with Crippen LogP contribution in [0, 0.1) is 5.82 Å². The monoisotopic (exact) mass is 277 g/mol. The van der Waals surface area contributed by atoms with E-state index in [0.717, 1.165) is 11.8 Å². The number of hydrogen-bond donors (Lipinski definition) is 1. The Balaban J connectivity index is 1.71. The molecule has 0 saturated heterocycles. The molecule has 0 saturated carbocycles. The Bertz CT molecular complexity index is 537. The first-order valence-corrected chi connectivity index (χ1v) is 6.21. The van der Waals surface area contributed by atoms with Gasteiger partial charge in [-0.05, 0) is 5.56 Å². The van der Waals surface area contributed by atoms with Gasteiger partial charge in [0, 0.05) is 6.54 Å². The van der Waals surface area contributed by atoms with Gasteiger partial charge in [-0.2, -0.15) is 9.37 Å². The van der Waals surface area contributed by atoms with Gasteiger partial charge in [-0.15, -0.1) is 0 Å². The molecule has 0 radical (unpaired) electrons. The summed E-state index contributed by atoms with van der Waals surface area (Å²) in [5.74, 6) is -0.349. The summed E-state index contributed by atoms with van der Waals surface area (Å²) in [7, 11) is 1.36. The normalized spacial score (nSPS) is 10.3. The first-order chi connectivity index (χ1) is 9.79. The lowest BCUT2D eigenvalue weighted by molar-refractivity contribution is 0.130. The summed E-state index contributed by atoms with van der Waals surface area (Å²) in [6.07, 6.45) is 1.07. The third kappa shape index (κ3) is 4.17. The molecule has 0 unspecified atom stereocenters. The fourth-order valence-electron chi connectivity index (χ4n) is 1.58. The van der Waals surface area contributed by atoms with Crippen molar-refractivity contribution in [3.05, 3.63) is 47.9 Å². The van der Waals surface area contributed by atoms with Gasteiger partial charge in [0.2, 0.25) is 11.8 Å². The molecule has 0 aliphatic carbocycles. The Morgan fingerprint density at radius 1 is 1.25 bits per heavy atom. The van der Waals surface area contributed by atoms with Crippen molar-refractivity contribution in [3.63, 3.8) is 0 Å². The van der Waals surface area contributed by atoms with Crippen molar-refractivity contribution in [2.45, 2.75) is 6.61 Å². The zero-order valence-electron chi connectivity index (χ0n) is 11.2. The van der Waals surface area contributed by atoms with Gasteiger partial charge in [0.15, 0.2) is 0 Å². The van der Waals surface area contributed by atoms with Crippen LogP contribution in [-0.4, -0.2) is 30.2 Å². The standard InChI is InChI=1S/C14H16FN3O2/c1-19-13-12(15)9-17-14(18-13)16-7-8-20-10-11-5-3-2-4-6-11/h2-6,9H,7-8,10H2,1H3,(H,16,17,18). The minimum atomic E-state index is -0.585. The van der Waals surface area contributed by atoms with Gasteiger partial charge >= 0.3 is 0 Å². The number of aromatic nitrogens is 2. The maximum atomic E-state index is 13.1. The number of nitrogens with one attached hydrogen (secondary N) is 1. The first kappa shape index (κ1) is 14.2.